The summed E-state index contributed by atoms with van der Waals surface area (Å²) in [5.74, 6) is 0.327. The fraction of sp³-hybridized carbons (Fsp3) is 0.500. The van der Waals surface area contributed by atoms with Crippen molar-refractivity contribution in [2.24, 2.45) is 16.3 Å². The molecule has 2 rings (SSSR count). The number of nitrogens with one attached hydrogen (secondary N) is 1. The van der Waals surface area contributed by atoms with E-state index in [9.17, 15) is 0 Å². The molecule has 5 nitrogen and oxygen atoms in total. The summed E-state index contributed by atoms with van der Waals surface area (Å²) in [5.41, 5.74) is 6.98. The van der Waals surface area contributed by atoms with Crippen LogP contribution in [0.15, 0.2) is 29.7 Å². The van der Waals surface area contributed by atoms with Crippen molar-refractivity contribution in [1.29, 1.82) is 0 Å². The Kier molecular flexibility index (Phi) is 3.58. The first-order valence-corrected chi connectivity index (χ1v) is 5.80. The second kappa shape index (κ2) is 5.14. The molecule has 0 radical (unpaired) electrons. The van der Waals surface area contributed by atoms with Crippen LogP contribution < -0.4 is 11.1 Å². The predicted molar refractivity (Wildman–Crippen MR) is 65.6 cm³/mol. The van der Waals surface area contributed by atoms with E-state index in [4.69, 9.17) is 10.9 Å². The highest BCUT2D eigenvalue weighted by molar-refractivity contribution is 5.80. The Bertz CT molecular complexity index is 387. The highest BCUT2D eigenvalue weighted by atomic mass is 16.4. The van der Waals surface area contributed by atoms with Crippen LogP contribution >= 0.6 is 0 Å². The Labute approximate surface area is 101 Å². The molecular formula is C12H18N4O. The zero-order valence-corrected chi connectivity index (χ0v) is 9.76. The van der Waals surface area contributed by atoms with Crippen LogP contribution in [0.3, 0.4) is 0 Å². The van der Waals surface area contributed by atoms with E-state index in [0.717, 1.165) is 25.9 Å². The summed E-state index contributed by atoms with van der Waals surface area (Å²) in [6.45, 7) is 1.74. The van der Waals surface area contributed by atoms with Gasteiger partial charge in [0.25, 0.3) is 0 Å². The standard InChI is InChI=1S/C12H18N4O/c13-11(16-17)7-12(3-4-12)9-15-8-10-1-5-14-6-2-10/h1-2,5-6,15,17H,3-4,7-9H2,(H2,13,16). The van der Waals surface area contributed by atoms with E-state index in [2.05, 4.69) is 15.5 Å². The fourth-order valence-corrected chi connectivity index (χ4v) is 1.99. The van der Waals surface area contributed by atoms with Crippen LogP contribution in [0.2, 0.25) is 0 Å². The summed E-state index contributed by atoms with van der Waals surface area (Å²) in [6.07, 6.45) is 6.55. The van der Waals surface area contributed by atoms with E-state index in [1.54, 1.807) is 12.4 Å². The number of nitrogens with two attached hydrogens (primary N) is 1. The van der Waals surface area contributed by atoms with Crippen LogP contribution in [0.4, 0.5) is 0 Å². The second-order valence-corrected chi connectivity index (χ2v) is 4.73. The molecule has 92 valence electrons. The molecule has 0 bridgehead atoms. The maximum Gasteiger partial charge on any atom is 0.139 e. The minimum Gasteiger partial charge on any atom is -0.409 e. The topological polar surface area (TPSA) is 83.5 Å². The van der Waals surface area contributed by atoms with E-state index in [-0.39, 0.29) is 5.41 Å². The first kappa shape index (κ1) is 11.9. The smallest absolute Gasteiger partial charge is 0.139 e. The van der Waals surface area contributed by atoms with Gasteiger partial charge >= 0.3 is 0 Å². The Morgan fingerprint density at radius 3 is 2.76 bits per heavy atom. The zero-order valence-electron chi connectivity index (χ0n) is 9.76. The lowest BCUT2D eigenvalue weighted by Crippen LogP contribution is -2.28. The number of oxime groups is 1. The Balaban J connectivity index is 1.75. The monoisotopic (exact) mass is 234 g/mol. The summed E-state index contributed by atoms with van der Waals surface area (Å²) < 4.78 is 0. The molecule has 0 spiro atoms. The highest BCUT2D eigenvalue weighted by Crippen LogP contribution is 2.48. The molecule has 1 aromatic heterocycles. The van der Waals surface area contributed by atoms with Crippen LogP contribution in [-0.2, 0) is 6.54 Å². The molecule has 0 amide bonds. The van der Waals surface area contributed by atoms with Crippen molar-refractivity contribution in [2.75, 3.05) is 6.54 Å². The molecule has 0 saturated heterocycles. The quantitative estimate of drug-likeness (QED) is 0.298. The lowest BCUT2D eigenvalue weighted by molar-refractivity contribution is 0.314. The van der Waals surface area contributed by atoms with E-state index >= 15 is 0 Å². The highest BCUT2D eigenvalue weighted by Gasteiger charge is 2.42. The summed E-state index contributed by atoms with van der Waals surface area (Å²) in [4.78, 5) is 3.98. The van der Waals surface area contributed by atoms with Gasteiger partial charge in [0.15, 0.2) is 0 Å². The zero-order chi connectivity index (χ0) is 12.1. The summed E-state index contributed by atoms with van der Waals surface area (Å²) in [6, 6.07) is 3.99. The fourth-order valence-electron chi connectivity index (χ4n) is 1.99. The van der Waals surface area contributed by atoms with Gasteiger partial charge in [-0.15, -0.1) is 0 Å². The average molecular weight is 234 g/mol. The molecule has 1 aliphatic rings. The molecule has 0 unspecified atom stereocenters. The molecule has 1 saturated carbocycles. The minimum atomic E-state index is 0.212. The van der Waals surface area contributed by atoms with Gasteiger partial charge in [-0.05, 0) is 36.0 Å². The normalized spacial score (nSPS) is 18.0. The molecular weight excluding hydrogens is 216 g/mol. The molecule has 1 aromatic rings. The van der Waals surface area contributed by atoms with Crippen molar-refractivity contribution < 1.29 is 5.21 Å². The largest absolute Gasteiger partial charge is 0.409 e. The van der Waals surface area contributed by atoms with Gasteiger partial charge in [0.2, 0.25) is 0 Å². The van der Waals surface area contributed by atoms with Crippen LogP contribution in [0, 0.1) is 5.41 Å². The summed E-state index contributed by atoms with van der Waals surface area (Å²) in [5, 5.41) is 15.0. The number of hydrogen-bond acceptors (Lipinski definition) is 4. The molecule has 0 atom stereocenters. The molecule has 1 aliphatic carbocycles. The Morgan fingerprint density at radius 1 is 1.47 bits per heavy atom. The third kappa shape index (κ3) is 3.42. The molecule has 0 aliphatic heterocycles. The van der Waals surface area contributed by atoms with E-state index in [0.29, 0.717) is 12.3 Å². The molecule has 17 heavy (non-hydrogen) atoms. The maximum atomic E-state index is 8.56. The number of rotatable bonds is 6. The van der Waals surface area contributed by atoms with Gasteiger partial charge in [-0.3, -0.25) is 4.98 Å². The van der Waals surface area contributed by atoms with Crippen LogP contribution in [0.1, 0.15) is 24.8 Å². The van der Waals surface area contributed by atoms with Crippen molar-refractivity contribution in [3.05, 3.63) is 30.1 Å². The number of amidine groups is 1. The molecule has 5 heteroatoms. The lowest BCUT2D eigenvalue weighted by Gasteiger charge is -2.15. The predicted octanol–water partition coefficient (Wildman–Crippen LogP) is 1.09. The van der Waals surface area contributed by atoms with Gasteiger partial charge < -0.3 is 16.3 Å². The number of hydrogen-bond donors (Lipinski definition) is 3. The molecule has 1 heterocycles. The van der Waals surface area contributed by atoms with E-state index in [1.165, 1.54) is 5.56 Å². The van der Waals surface area contributed by atoms with Gasteiger partial charge in [0, 0.05) is 31.9 Å². The van der Waals surface area contributed by atoms with Gasteiger partial charge in [0.05, 0.1) is 0 Å². The number of pyridine rings is 1. The lowest BCUT2D eigenvalue weighted by atomic mass is 10.0. The van der Waals surface area contributed by atoms with Crippen molar-refractivity contribution in [3.8, 4) is 0 Å². The third-order valence-electron chi connectivity index (χ3n) is 3.22. The third-order valence-corrected chi connectivity index (χ3v) is 3.22. The molecule has 1 fully saturated rings. The van der Waals surface area contributed by atoms with Gasteiger partial charge in [-0.2, -0.15) is 0 Å². The SMILES string of the molecule is NC(CC1(CNCc2ccncc2)CC1)=NO. The molecule has 4 N–H and O–H groups in total. The minimum absolute atomic E-state index is 0.212. The Morgan fingerprint density at radius 2 is 2.18 bits per heavy atom. The average Bonchev–Trinajstić information content (AvgIpc) is 3.10. The number of aromatic nitrogens is 1. The first-order chi connectivity index (χ1) is 8.24. The Hall–Kier alpha value is -1.62. The van der Waals surface area contributed by atoms with Crippen LogP contribution in [-0.4, -0.2) is 22.6 Å². The van der Waals surface area contributed by atoms with Crippen LogP contribution in [0.25, 0.3) is 0 Å². The van der Waals surface area contributed by atoms with Crippen molar-refractivity contribution in [2.45, 2.75) is 25.8 Å². The number of nitrogens with zero attached hydrogens (tertiary/aromatic N) is 2. The van der Waals surface area contributed by atoms with E-state index < -0.39 is 0 Å². The van der Waals surface area contributed by atoms with Crippen LogP contribution in [0.5, 0.6) is 0 Å². The maximum absolute atomic E-state index is 8.56. The first-order valence-electron chi connectivity index (χ1n) is 5.80. The molecule has 0 aromatic carbocycles. The summed E-state index contributed by atoms with van der Waals surface area (Å²) >= 11 is 0. The van der Waals surface area contributed by atoms with Crippen molar-refractivity contribution in [3.63, 3.8) is 0 Å². The van der Waals surface area contributed by atoms with Gasteiger partial charge in [0.1, 0.15) is 5.84 Å². The van der Waals surface area contributed by atoms with Crippen molar-refractivity contribution >= 4 is 5.84 Å². The van der Waals surface area contributed by atoms with Gasteiger partial charge in [-0.25, -0.2) is 0 Å². The second-order valence-electron chi connectivity index (χ2n) is 4.73. The van der Waals surface area contributed by atoms with Crippen molar-refractivity contribution in [1.82, 2.24) is 10.3 Å². The summed E-state index contributed by atoms with van der Waals surface area (Å²) in [7, 11) is 0. The van der Waals surface area contributed by atoms with Gasteiger partial charge in [-0.1, -0.05) is 5.16 Å². The van der Waals surface area contributed by atoms with E-state index in [1.807, 2.05) is 12.1 Å².